The molecule has 0 aliphatic carbocycles. The number of hydrogen-bond acceptors (Lipinski definition) is 9. The first-order valence-corrected chi connectivity index (χ1v) is 19.4. The van der Waals surface area contributed by atoms with Crippen LogP contribution in [0.3, 0.4) is 0 Å². The van der Waals surface area contributed by atoms with E-state index in [-0.39, 0.29) is 42.3 Å². The highest BCUT2D eigenvalue weighted by molar-refractivity contribution is 5.87. The molecule has 4 amide bonds. The van der Waals surface area contributed by atoms with E-state index in [9.17, 15) is 19.2 Å². The van der Waals surface area contributed by atoms with Gasteiger partial charge in [-0.05, 0) is 72.4 Å². The van der Waals surface area contributed by atoms with Crippen LogP contribution in [0.15, 0.2) is 42.7 Å². The van der Waals surface area contributed by atoms with Gasteiger partial charge in [-0.25, -0.2) is 23.9 Å². The first kappa shape index (κ1) is 39.3. The quantitative estimate of drug-likeness (QED) is 0.144. The number of halogens is 1. The Morgan fingerprint density at radius 1 is 0.789 bits per heavy atom. The summed E-state index contributed by atoms with van der Waals surface area (Å²) < 4.78 is 31.7. The van der Waals surface area contributed by atoms with Crippen LogP contribution in [0.2, 0.25) is 0 Å². The molecule has 4 aromatic rings. The molecule has 2 fully saturated rings. The third-order valence-electron chi connectivity index (χ3n) is 11.1. The number of amides is 4. The van der Waals surface area contributed by atoms with Gasteiger partial charge < -0.3 is 44.6 Å². The first-order valence-electron chi connectivity index (χ1n) is 19.4. The monoisotopic (exact) mass is 784 g/mol. The second-order valence-electron chi connectivity index (χ2n) is 15.5. The number of methoxy groups -OCH3 is 2. The van der Waals surface area contributed by atoms with E-state index in [1.165, 1.54) is 20.3 Å². The van der Waals surface area contributed by atoms with E-state index in [0.29, 0.717) is 53.7 Å². The van der Waals surface area contributed by atoms with Crippen molar-refractivity contribution < 1.29 is 37.8 Å². The van der Waals surface area contributed by atoms with Gasteiger partial charge in [-0.2, -0.15) is 0 Å². The first-order chi connectivity index (χ1) is 27.4. The van der Waals surface area contributed by atoms with E-state index in [4.69, 9.17) is 14.2 Å². The number of carbonyl (C=O) groups excluding carboxylic acids is 4. The summed E-state index contributed by atoms with van der Waals surface area (Å²) in [6, 6.07) is 6.90. The van der Waals surface area contributed by atoms with Crippen LogP contribution in [0.5, 0.6) is 5.75 Å². The normalized spacial score (nSPS) is 18.5. The summed E-state index contributed by atoms with van der Waals surface area (Å²) in [5, 5.41) is 5.33. The van der Waals surface area contributed by atoms with Gasteiger partial charge in [0.1, 0.15) is 41.9 Å². The van der Waals surface area contributed by atoms with E-state index in [2.05, 4.69) is 30.6 Å². The molecule has 4 atom stereocenters. The molecule has 0 saturated carbocycles. The second-order valence-corrected chi connectivity index (χ2v) is 15.5. The Hall–Kier alpha value is -5.93. The van der Waals surface area contributed by atoms with Gasteiger partial charge in [0, 0.05) is 18.7 Å². The fourth-order valence-electron chi connectivity index (χ4n) is 8.08. The topological polar surface area (TPSA) is 184 Å². The minimum Gasteiger partial charge on any atom is -0.488 e. The van der Waals surface area contributed by atoms with Crippen LogP contribution >= 0.6 is 0 Å². The average molecular weight is 785 g/mol. The number of hydrogen-bond donors (Lipinski definition) is 4. The Morgan fingerprint density at radius 3 is 1.82 bits per heavy atom. The smallest absolute Gasteiger partial charge is 0.407 e. The minimum atomic E-state index is -0.753. The van der Waals surface area contributed by atoms with E-state index in [1.54, 1.807) is 28.3 Å². The highest BCUT2D eigenvalue weighted by atomic mass is 19.1. The Balaban J connectivity index is 1.08. The summed E-state index contributed by atoms with van der Waals surface area (Å²) >= 11 is 0. The molecule has 3 aliphatic heterocycles. The summed E-state index contributed by atoms with van der Waals surface area (Å²) in [5.41, 5.74) is 4.62. The number of alkyl carbamates (subject to hydrolysis) is 2. The molecule has 0 radical (unpaired) electrons. The fourth-order valence-corrected chi connectivity index (χ4v) is 8.08. The van der Waals surface area contributed by atoms with Crippen molar-refractivity contribution in [2.75, 3.05) is 27.3 Å². The van der Waals surface area contributed by atoms with Crippen LogP contribution in [-0.4, -0.2) is 93.1 Å². The molecule has 3 aliphatic rings. The van der Waals surface area contributed by atoms with E-state index in [1.807, 2.05) is 45.9 Å². The predicted octanol–water partition coefficient (Wildman–Crippen LogP) is 6.25. The number of benzene rings is 2. The van der Waals surface area contributed by atoms with Crippen molar-refractivity contribution in [2.45, 2.75) is 84.2 Å². The van der Waals surface area contributed by atoms with Crippen LogP contribution in [0.25, 0.3) is 33.6 Å². The molecule has 5 heterocycles. The lowest BCUT2D eigenvalue weighted by atomic mass is 9.93. The maximum Gasteiger partial charge on any atom is 0.407 e. The Bertz CT molecular complexity index is 2170. The summed E-state index contributed by atoms with van der Waals surface area (Å²) in [6.45, 7) is 8.77. The van der Waals surface area contributed by atoms with Gasteiger partial charge in [0.15, 0.2) is 0 Å². The molecule has 0 bridgehead atoms. The number of H-pyrrole nitrogens is 2. The van der Waals surface area contributed by atoms with Crippen LogP contribution < -0.4 is 15.4 Å². The zero-order valence-electron chi connectivity index (χ0n) is 33.0. The summed E-state index contributed by atoms with van der Waals surface area (Å²) in [6.07, 6.45) is 5.04. The summed E-state index contributed by atoms with van der Waals surface area (Å²) in [4.78, 5) is 70.6. The number of rotatable bonds is 10. The molecule has 15 nitrogen and oxygen atoms in total. The van der Waals surface area contributed by atoms with E-state index < -0.39 is 30.1 Å². The Labute approximate surface area is 330 Å². The number of aromatic amines is 2. The molecule has 2 saturated heterocycles. The van der Waals surface area contributed by atoms with Crippen molar-refractivity contribution in [1.29, 1.82) is 0 Å². The molecule has 16 heteroatoms. The van der Waals surface area contributed by atoms with Gasteiger partial charge in [-0.15, -0.1) is 0 Å². The number of aromatic nitrogens is 4. The third-order valence-corrected chi connectivity index (χ3v) is 11.1. The predicted molar refractivity (Wildman–Crippen MR) is 207 cm³/mol. The van der Waals surface area contributed by atoms with Crippen molar-refractivity contribution in [3.05, 3.63) is 65.8 Å². The minimum absolute atomic E-state index is 0.142. The number of nitrogens with zero attached hydrogens (tertiary/aromatic N) is 4. The van der Waals surface area contributed by atoms with Gasteiger partial charge in [0.05, 0.1) is 55.6 Å². The lowest BCUT2D eigenvalue weighted by Gasteiger charge is -2.30. The number of fused-ring (bicyclic) bond motifs is 3. The van der Waals surface area contributed by atoms with Crippen molar-refractivity contribution in [1.82, 2.24) is 40.4 Å². The molecule has 2 aromatic heterocycles. The van der Waals surface area contributed by atoms with Crippen LogP contribution in [0.4, 0.5) is 14.0 Å². The fraction of sp³-hybridized carbons (Fsp3) is 0.463. The molecule has 302 valence electrons. The van der Waals surface area contributed by atoms with Gasteiger partial charge in [0.25, 0.3) is 0 Å². The number of likely N-dealkylation sites (tertiary alicyclic amines) is 2. The number of nitrogens with one attached hydrogen (secondary N) is 4. The van der Waals surface area contributed by atoms with Gasteiger partial charge in [-0.1, -0.05) is 39.8 Å². The highest BCUT2D eigenvalue weighted by Crippen LogP contribution is 2.43. The van der Waals surface area contributed by atoms with Gasteiger partial charge in [0.2, 0.25) is 11.8 Å². The van der Waals surface area contributed by atoms with Crippen molar-refractivity contribution >= 4 is 24.0 Å². The lowest BCUT2D eigenvalue weighted by Crippen LogP contribution is -2.51. The largest absolute Gasteiger partial charge is 0.488 e. The molecule has 7 rings (SSSR count). The standard InChI is InChI=1S/C41H49FN8O7/c1-21(2)34(47-40(53)55-5)38(51)49-13-7-9-30(49)36-43-18-28(45-36)23-11-12-26-25(15-23)20-57-32-17-24(16-27(42)33(26)32)29-19-44-37(46-29)31-10-8-14-50(31)39(52)35(22(3)4)48-41(54)56-6/h11-12,15-19,21-22,30-31,34-35H,7-10,13-14,20H2,1-6H3,(H,43,45)(H,44,46)(H,47,53)(H,48,54)/t30-,31-,34-,35?/m0/s1. The maximum atomic E-state index is 16.1. The van der Waals surface area contributed by atoms with Crippen molar-refractivity contribution in [2.24, 2.45) is 11.8 Å². The molecular formula is C41H49FN8O7. The van der Waals surface area contributed by atoms with Gasteiger partial charge in [-0.3, -0.25) is 9.59 Å². The number of ether oxygens (including phenoxy) is 3. The second kappa shape index (κ2) is 16.3. The molecule has 57 heavy (non-hydrogen) atoms. The van der Waals surface area contributed by atoms with Crippen molar-refractivity contribution in [3.8, 4) is 39.4 Å². The Morgan fingerprint density at radius 2 is 1.32 bits per heavy atom. The molecule has 4 N–H and O–H groups in total. The van der Waals surface area contributed by atoms with Gasteiger partial charge >= 0.3 is 12.2 Å². The third kappa shape index (κ3) is 7.76. The average Bonchev–Trinajstić information content (AvgIpc) is 4.04. The van der Waals surface area contributed by atoms with Crippen LogP contribution in [0, 0.1) is 17.7 Å². The van der Waals surface area contributed by atoms with Crippen LogP contribution in [-0.2, 0) is 25.7 Å². The maximum absolute atomic E-state index is 16.1. The van der Waals surface area contributed by atoms with Crippen molar-refractivity contribution in [3.63, 3.8) is 0 Å². The molecular weight excluding hydrogens is 735 g/mol. The molecule has 1 unspecified atom stereocenters. The molecule has 0 spiro atoms. The molecule has 2 aromatic carbocycles. The lowest BCUT2D eigenvalue weighted by molar-refractivity contribution is -0.136. The zero-order valence-corrected chi connectivity index (χ0v) is 33.0. The van der Waals surface area contributed by atoms with Crippen LogP contribution in [0.1, 0.15) is 82.7 Å². The highest BCUT2D eigenvalue weighted by Gasteiger charge is 2.39. The number of imidazole rings is 2. The van der Waals surface area contributed by atoms with E-state index in [0.717, 1.165) is 41.6 Å². The van der Waals surface area contributed by atoms with E-state index >= 15 is 4.39 Å². The number of carbonyl (C=O) groups is 4. The Kier molecular flexibility index (Phi) is 11.2. The SMILES string of the molecule is COC(=O)NC(C(=O)N1CCC[C@H]1c1ncc(-c2cc(F)c3c(c2)OCc2cc(-c4cnc([C@@H]5CCCN5C(=O)[C@@H](NC(=O)OC)C(C)C)[nH]4)ccc2-3)[nH]1)C(C)C. The summed E-state index contributed by atoms with van der Waals surface area (Å²) in [5.74, 6) is 0.496. The zero-order chi connectivity index (χ0) is 40.5. The summed E-state index contributed by atoms with van der Waals surface area (Å²) in [7, 11) is 2.53.